The second-order valence-corrected chi connectivity index (χ2v) is 6.65. The monoisotopic (exact) mass is 343 g/mol. The largest absolute Gasteiger partial charge is 0.480 e. The highest BCUT2D eigenvalue weighted by Crippen LogP contribution is 2.39. The molecule has 2 heterocycles. The quantitative estimate of drug-likeness (QED) is 0.880. The SMILES string of the molecule is O=C(O)[C@H]1CN[C@H](c2ccc(-c3cccc(Cl)c3Cl)o2)S1. The van der Waals surface area contributed by atoms with Gasteiger partial charge < -0.3 is 9.52 Å². The molecule has 7 heteroatoms. The molecule has 2 aromatic rings. The van der Waals surface area contributed by atoms with Crippen LogP contribution in [0.2, 0.25) is 10.0 Å². The highest BCUT2D eigenvalue weighted by atomic mass is 35.5. The highest BCUT2D eigenvalue weighted by molar-refractivity contribution is 8.01. The van der Waals surface area contributed by atoms with Gasteiger partial charge in [-0.15, -0.1) is 11.8 Å². The van der Waals surface area contributed by atoms with Crippen LogP contribution in [0.5, 0.6) is 0 Å². The van der Waals surface area contributed by atoms with Gasteiger partial charge in [0.2, 0.25) is 0 Å². The van der Waals surface area contributed by atoms with E-state index in [1.807, 2.05) is 18.2 Å². The van der Waals surface area contributed by atoms with E-state index in [1.165, 1.54) is 11.8 Å². The molecule has 3 rings (SSSR count). The van der Waals surface area contributed by atoms with E-state index < -0.39 is 11.2 Å². The molecule has 2 atom stereocenters. The zero-order valence-electron chi connectivity index (χ0n) is 10.7. The van der Waals surface area contributed by atoms with Gasteiger partial charge in [-0.1, -0.05) is 29.3 Å². The highest BCUT2D eigenvalue weighted by Gasteiger charge is 2.32. The van der Waals surface area contributed by atoms with E-state index in [-0.39, 0.29) is 5.37 Å². The molecule has 0 saturated carbocycles. The van der Waals surface area contributed by atoms with Gasteiger partial charge in [-0.2, -0.15) is 0 Å². The van der Waals surface area contributed by atoms with Gasteiger partial charge in [-0.25, -0.2) is 0 Å². The summed E-state index contributed by atoms with van der Waals surface area (Å²) in [6, 6.07) is 8.97. The Hall–Kier alpha value is -1.14. The van der Waals surface area contributed by atoms with Crippen molar-refractivity contribution in [1.82, 2.24) is 5.32 Å². The topological polar surface area (TPSA) is 62.5 Å². The van der Waals surface area contributed by atoms with Gasteiger partial charge in [0.1, 0.15) is 22.1 Å². The molecule has 1 aromatic carbocycles. The van der Waals surface area contributed by atoms with E-state index in [9.17, 15) is 4.79 Å². The van der Waals surface area contributed by atoms with Crippen LogP contribution < -0.4 is 5.32 Å². The van der Waals surface area contributed by atoms with Crippen molar-refractivity contribution in [3.63, 3.8) is 0 Å². The van der Waals surface area contributed by atoms with E-state index >= 15 is 0 Å². The van der Waals surface area contributed by atoms with E-state index in [0.29, 0.717) is 33.7 Å². The fourth-order valence-corrected chi connectivity index (χ4v) is 3.60. The van der Waals surface area contributed by atoms with Crippen LogP contribution in [-0.4, -0.2) is 22.9 Å². The maximum atomic E-state index is 11.0. The van der Waals surface area contributed by atoms with Crippen molar-refractivity contribution in [2.75, 3.05) is 6.54 Å². The van der Waals surface area contributed by atoms with Gasteiger partial charge in [0.15, 0.2) is 0 Å². The standard InChI is InChI=1S/C14H11Cl2NO3S/c15-8-3-1-2-7(12(8)16)9-4-5-10(20-9)13-17-6-11(21-13)14(18)19/h1-5,11,13,17H,6H2,(H,18,19)/t11-,13+/m1/s1. The van der Waals surface area contributed by atoms with Gasteiger partial charge in [-0.3, -0.25) is 10.1 Å². The number of carboxylic acid groups (broad SMARTS) is 1. The third kappa shape index (κ3) is 2.92. The van der Waals surface area contributed by atoms with Crippen LogP contribution in [0.4, 0.5) is 0 Å². The summed E-state index contributed by atoms with van der Waals surface area (Å²) < 4.78 is 5.80. The summed E-state index contributed by atoms with van der Waals surface area (Å²) in [4.78, 5) is 11.0. The first-order valence-electron chi connectivity index (χ1n) is 6.22. The lowest BCUT2D eigenvalue weighted by Crippen LogP contribution is -2.21. The molecule has 0 aliphatic carbocycles. The number of nitrogens with one attached hydrogen (secondary N) is 1. The Balaban J connectivity index is 1.84. The van der Waals surface area contributed by atoms with Crippen LogP contribution in [0.15, 0.2) is 34.7 Å². The summed E-state index contributed by atoms with van der Waals surface area (Å²) in [6.45, 7) is 0.415. The molecule has 0 amide bonds. The summed E-state index contributed by atoms with van der Waals surface area (Å²) in [6.07, 6.45) is 0. The summed E-state index contributed by atoms with van der Waals surface area (Å²) in [5, 5.41) is 12.4. The Bertz CT molecular complexity index is 689. The molecule has 1 aliphatic rings. The van der Waals surface area contributed by atoms with Crippen LogP contribution >= 0.6 is 35.0 Å². The average Bonchev–Trinajstić information content (AvgIpc) is 3.09. The fourth-order valence-electron chi connectivity index (χ4n) is 2.12. The molecule has 21 heavy (non-hydrogen) atoms. The average molecular weight is 344 g/mol. The van der Waals surface area contributed by atoms with Crippen molar-refractivity contribution >= 4 is 40.9 Å². The lowest BCUT2D eigenvalue weighted by Gasteiger charge is -2.06. The molecule has 110 valence electrons. The van der Waals surface area contributed by atoms with Crippen molar-refractivity contribution in [1.29, 1.82) is 0 Å². The molecule has 2 N–H and O–H groups in total. The summed E-state index contributed by atoms with van der Waals surface area (Å²) in [5.74, 6) is 0.466. The van der Waals surface area contributed by atoms with Gasteiger partial charge in [-0.05, 0) is 24.3 Å². The number of carboxylic acids is 1. The lowest BCUT2D eigenvalue weighted by molar-refractivity contribution is -0.136. The molecule has 1 aromatic heterocycles. The zero-order valence-corrected chi connectivity index (χ0v) is 13.0. The van der Waals surface area contributed by atoms with E-state index in [1.54, 1.807) is 12.1 Å². The van der Waals surface area contributed by atoms with Crippen molar-refractivity contribution in [2.24, 2.45) is 0 Å². The minimum absolute atomic E-state index is 0.169. The number of carbonyl (C=O) groups is 1. The molecule has 1 fully saturated rings. The van der Waals surface area contributed by atoms with Gasteiger partial charge in [0.25, 0.3) is 0 Å². The second-order valence-electron chi connectivity index (χ2n) is 4.55. The number of benzene rings is 1. The summed E-state index contributed by atoms with van der Waals surface area (Å²) in [7, 11) is 0. The Morgan fingerprint density at radius 1 is 1.33 bits per heavy atom. The second kappa shape index (κ2) is 5.93. The smallest absolute Gasteiger partial charge is 0.318 e. The van der Waals surface area contributed by atoms with E-state index in [2.05, 4.69) is 5.32 Å². The zero-order chi connectivity index (χ0) is 15.0. The van der Waals surface area contributed by atoms with Crippen LogP contribution in [0, 0.1) is 0 Å². The van der Waals surface area contributed by atoms with Crippen molar-refractivity contribution in [3.05, 3.63) is 46.1 Å². The third-order valence-corrected chi connectivity index (χ3v) is 5.35. The molecule has 0 spiro atoms. The van der Waals surface area contributed by atoms with Gasteiger partial charge >= 0.3 is 5.97 Å². The molecule has 4 nitrogen and oxygen atoms in total. The number of hydrogen-bond acceptors (Lipinski definition) is 4. The Labute approximate surface area is 135 Å². The predicted octanol–water partition coefficient (Wildman–Crippen LogP) is 4.04. The minimum Gasteiger partial charge on any atom is -0.480 e. The van der Waals surface area contributed by atoms with Crippen LogP contribution in [-0.2, 0) is 4.79 Å². The Kier molecular flexibility index (Phi) is 4.17. The fraction of sp³-hybridized carbons (Fsp3) is 0.214. The Morgan fingerprint density at radius 2 is 2.14 bits per heavy atom. The van der Waals surface area contributed by atoms with Crippen LogP contribution in [0.1, 0.15) is 11.1 Å². The number of furan rings is 1. The normalized spacial score (nSPS) is 21.6. The van der Waals surface area contributed by atoms with E-state index in [0.717, 1.165) is 0 Å². The number of halogens is 2. The number of aliphatic carboxylic acids is 1. The molecule has 1 saturated heterocycles. The predicted molar refractivity (Wildman–Crippen MR) is 83.9 cm³/mol. The van der Waals surface area contributed by atoms with Crippen molar-refractivity contribution in [2.45, 2.75) is 10.6 Å². The molecule has 1 aliphatic heterocycles. The molecule has 0 radical (unpaired) electrons. The first-order chi connectivity index (χ1) is 10.1. The van der Waals surface area contributed by atoms with Crippen molar-refractivity contribution < 1.29 is 14.3 Å². The molecular weight excluding hydrogens is 333 g/mol. The third-order valence-electron chi connectivity index (χ3n) is 3.17. The number of rotatable bonds is 3. The van der Waals surface area contributed by atoms with Gasteiger partial charge in [0.05, 0.1) is 10.0 Å². The first-order valence-corrected chi connectivity index (χ1v) is 7.92. The molecule has 0 unspecified atom stereocenters. The van der Waals surface area contributed by atoms with Crippen LogP contribution in [0.25, 0.3) is 11.3 Å². The Morgan fingerprint density at radius 3 is 2.86 bits per heavy atom. The minimum atomic E-state index is -0.820. The molecule has 0 bridgehead atoms. The lowest BCUT2D eigenvalue weighted by atomic mass is 10.2. The van der Waals surface area contributed by atoms with Gasteiger partial charge in [0, 0.05) is 12.1 Å². The molecular formula is C14H11Cl2NO3S. The van der Waals surface area contributed by atoms with Crippen LogP contribution in [0.3, 0.4) is 0 Å². The first kappa shape index (κ1) is 14.8. The maximum absolute atomic E-state index is 11.0. The summed E-state index contributed by atoms with van der Waals surface area (Å²) >= 11 is 13.5. The van der Waals surface area contributed by atoms with E-state index in [4.69, 9.17) is 32.7 Å². The van der Waals surface area contributed by atoms with Crippen molar-refractivity contribution in [3.8, 4) is 11.3 Å². The maximum Gasteiger partial charge on any atom is 0.318 e. The number of thioether (sulfide) groups is 1. The summed E-state index contributed by atoms with van der Waals surface area (Å²) in [5.41, 5.74) is 0.716. The number of hydrogen-bond donors (Lipinski definition) is 2.